The molecule has 2 aromatic rings. The third-order valence-corrected chi connectivity index (χ3v) is 6.84. The number of hydrogen-bond acceptors (Lipinski definition) is 4. The van der Waals surface area contributed by atoms with Crippen molar-refractivity contribution in [2.75, 3.05) is 7.05 Å². The van der Waals surface area contributed by atoms with E-state index in [0.717, 1.165) is 22.6 Å². The van der Waals surface area contributed by atoms with Gasteiger partial charge in [0.2, 0.25) is 17.7 Å². The third-order valence-electron chi connectivity index (χ3n) is 6.84. The Kier molecular flexibility index (Phi) is 6.89. The number of hydrogen-bond donors (Lipinski definition) is 3. The summed E-state index contributed by atoms with van der Waals surface area (Å²) < 4.78 is 28.6. The van der Waals surface area contributed by atoms with Crippen LogP contribution in [0.3, 0.4) is 0 Å². The molecule has 4 unspecified atom stereocenters. The van der Waals surface area contributed by atoms with Gasteiger partial charge in [0.05, 0.1) is 6.10 Å². The zero-order valence-corrected chi connectivity index (χ0v) is 19.8. The van der Waals surface area contributed by atoms with Crippen LogP contribution in [0.4, 0.5) is 8.78 Å². The summed E-state index contributed by atoms with van der Waals surface area (Å²) in [6.07, 6.45) is -0.412. The maximum atomic E-state index is 14.9. The number of aliphatic hydroxyl groups is 1. The van der Waals surface area contributed by atoms with E-state index in [0.29, 0.717) is 18.1 Å². The van der Waals surface area contributed by atoms with Crippen molar-refractivity contribution in [2.24, 2.45) is 11.8 Å². The smallest absolute Gasteiger partial charge is 0.247 e. The third kappa shape index (κ3) is 4.52. The van der Waals surface area contributed by atoms with Gasteiger partial charge in [-0.05, 0) is 36.0 Å². The highest BCUT2D eigenvalue weighted by Crippen LogP contribution is 2.41. The van der Waals surface area contributed by atoms with Gasteiger partial charge in [0.15, 0.2) is 0 Å². The van der Waals surface area contributed by atoms with Crippen LogP contribution in [0.1, 0.15) is 49.1 Å². The Labute approximate surface area is 202 Å². The molecule has 1 heterocycles. The predicted molar refractivity (Wildman–Crippen MR) is 124 cm³/mol. The molecule has 0 bridgehead atoms. The molecule has 1 aliphatic carbocycles. The first kappa shape index (κ1) is 24.8. The number of piperazine rings is 1. The molecule has 0 aromatic heterocycles. The van der Waals surface area contributed by atoms with E-state index in [4.69, 9.17) is 0 Å². The van der Waals surface area contributed by atoms with E-state index >= 15 is 0 Å². The van der Waals surface area contributed by atoms with Crippen LogP contribution in [0.15, 0.2) is 42.5 Å². The van der Waals surface area contributed by atoms with Gasteiger partial charge in [0.1, 0.15) is 29.8 Å². The van der Waals surface area contributed by atoms with Crippen LogP contribution >= 0.6 is 0 Å². The van der Waals surface area contributed by atoms with E-state index in [1.165, 1.54) is 7.05 Å². The highest BCUT2D eigenvalue weighted by Gasteiger charge is 2.51. The molecule has 3 N–H and O–H groups in total. The van der Waals surface area contributed by atoms with Crippen molar-refractivity contribution < 1.29 is 28.3 Å². The second kappa shape index (κ2) is 9.73. The molecule has 3 amide bonds. The van der Waals surface area contributed by atoms with Gasteiger partial charge >= 0.3 is 0 Å². The van der Waals surface area contributed by atoms with E-state index in [1.54, 1.807) is 12.1 Å². The van der Waals surface area contributed by atoms with Gasteiger partial charge in [-0.3, -0.25) is 14.4 Å². The molecule has 35 heavy (non-hydrogen) atoms. The summed E-state index contributed by atoms with van der Waals surface area (Å²) in [4.78, 5) is 41.5. The lowest BCUT2D eigenvalue weighted by atomic mass is 9.87. The van der Waals surface area contributed by atoms with Crippen LogP contribution in [0.5, 0.6) is 0 Å². The van der Waals surface area contributed by atoms with E-state index < -0.39 is 59.5 Å². The Bertz CT molecular complexity index is 1160. The van der Waals surface area contributed by atoms with Crippen molar-refractivity contribution in [3.63, 3.8) is 0 Å². The molecule has 5 atom stereocenters. The molecule has 0 saturated carbocycles. The molecule has 186 valence electrons. The zero-order chi connectivity index (χ0) is 25.4. The Morgan fingerprint density at radius 3 is 2.54 bits per heavy atom. The monoisotopic (exact) mass is 485 g/mol. The van der Waals surface area contributed by atoms with Crippen LogP contribution < -0.4 is 10.6 Å². The number of carbonyl (C=O) groups excluding carboxylic acids is 3. The SMILES string of the molecule is CNC(=O)C(c1ccc(F)cc1F)N1C(=O)[C@@H](C2Cc3ccccc3C2O)NC(=O)C1CC(C)C. The number of aliphatic hydroxyl groups excluding tert-OH is 1. The summed E-state index contributed by atoms with van der Waals surface area (Å²) in [5.41, 5.74) is 1.34. The number of nitrogens with one attached hydrogen (secondary N) is 2. The van der Waals surface area contributed by atoms with Gasteiger partial charge in [-0.25, -0.2) is 8.78 Å². The van der Waals surface area contributed by atoms with Gasteiger partial charge in [-0.2, -0.15) is 0 Å². The van der Waals surface area contributed by atoms with Crippen molar-refractivity contribution in [3.05, 3.63) is 70.8 Å². The van der Waals surface area contributed by atoms with E-state index in [2.05, 4.69) is 10.6 Å². The topological polar surface area (TPSA) is 98.7 Å². The van der Waals surface area contributed by atoms with Crippen LogP contribution in [-0.4, -0.2) is 46.9 Å². The van der Waals surface area contributed by atoms with Crippen molar-refractivity contribution in [2.45, 2.75) is 50.9 Å². The number of amides is 3. The molecule has 2 aliphatic rings. The van der Waals surface area contributed by atoms with E-state index in [1.807, 2.05) is 26.0 Å². The number of benzene rings is 2. The molecule has 4 rings (SSSR count). The lowest BCUT2D eigenvalue weighted by molar-refractivity contribution is -0.159. The minimum absolute atomic E-state index is 0.0256. The average molecular weight is 486 g/mol. The summed E-state index contributed by atoms with van der Waals surface area (Å²) in [6.45, 7) is 3.74. The number of carbonyl (C=O) groups is 3. The fourth-order valence-electron chi connectivity index (χ4n) is 5.20. The quantitative estimate of drug-likeness (QED) is 0.585. The van der Waals surface area contributed by atoms with Gasteiger partial charge in [-0.15, -0.1) is 0 Å². The van der Waals surface area contributed by atoms with Crippen LogP contribution in [-0.2, 0) is 20.8 Å². The first-order valence-electron chi connectivity index (χ1n) is 11.7. The minimum atomic E-state index is -1.49. The van der Waals surface area contributed by atoms with Gasteiger partial charge < -0.3 is 20.6 Å². The summed E-state index contributed by atoms with van der Waals surface area (Å²) in [5.74, 6) is -4.29. The lowest BCUT2D eigenvalue weighted by Gasteiger charge is -2.45. The van der Waals surface area contributed by atoms with E-state index in [-0.39, 0.29) is 17.9 Å². The minimum Gasteiger partial charge on any atom is -0.388 e. The fraction of sp³-hybridized carbons (Fsp3) is 0.423. The summed E-state index contributed by atoms with van der Waals surface area (Å²) in [7, 11) is 1.34. The largest absolute Gasteiger partial charge is 0.388 e. The number of likely N-dealkylation sites (N-methyl/N-ethyl adjacent to an activating group) is 1. The molecule has 7 nitrogen and oxygen atoms in total. The number of rotatable bonds is 6. The Balaban J connectivity index is 1.79. The van der Waals surface area contributed by atoms with Gasteiger partial charge in [0.25, 0.3) is 0 Å². The van der Waals surface area contributed by atoms with E-state index in [9.17, 15) is 28.3 Å². The highest BCUT2D eigenvalue weighted by atomic mass is 19.1. The maximum absolute atomic E-state index is 14.9. The second-order valence-corrected chi connectivity index (χ2v) is 9.57. The normalized spacial score (nSPS) is 24.8. The predicted octanol–water partition coefficient (Wildman–Crippen LogP) is 2.40. The first-order valence-corrected chi connectivity index (χ1v) is 11.7. The molecular formula is C26H29F2N3O4. The summed E-state index contributed by atoms with van der Waals surface area (Å²) >= 11 is 0. The summed E-state index contributed by atoms with van der Waals surface area (Å²) in [5, 5.41) is 16.2. The molecule has 1 saturated heterocycles. The lowest BCUT2D eigenvalue weighted by Crippen LogP contribution is -2.67. The Hall–Kier alpha value is -3.33. The molecular weight excluding hydrogens is 456 g/mol. The molecule has 9 heteroatoms. The standard InChI is InChI=1S/C26H29F2N3O4/c1-13(2)10-20-24(33)30-21(18-11-14-6-4-5-7-16(14)23(18)32)26(35)31(20)22(25(34)29-3)17-9-8-15(27)12-19(17)28/h4-9,12-13,18,20-23,32H,10-11H2,1-3H3,(H,29,34)(H,30,33)/t18?,20?,21-,22?,23?/m1/s1. The average Bonchev–Trinajstić information content (AvgIpc) is 3.15. The molecule has 0 radical (unpaired) electrons. The van der Waals surface area contributed by atoms with Crippen molar-refractivity contribution >= 4 is 17.7 Å². The molecule has 1 aliphatic heterocycles. The number of halogens is 2. The van der Waals surface area contributed by atoms with Crippen molar-refractivity contribution in [1.29, 1.82) is 0 Å². The number of fused-ring (bicyclic) bond motifs is 1. The van der Waals surface area contributed by atoms with Crippen LogP contribution in [0.25, 0.3) is 0 Å². The van der Waals surface area contributed by atoms with Crippen molar-refractivity contribution in [3.8, 4) is 0 Å². The first-order chi connectivity index (χ1) is 16.6. The fourth-order valence-corrected chi connectivity index (χ4v) is 5.20. The van der Waals surface area contributed by atoms with Crippen LogP contribution in [0.2, 0.25) is 0 Å². The van der Waals surface area contributed by atoms with Gasteiger partial charge in [-0.1, -0.05) is 44.2 Å². The Morgan fingerprint density at radius 2 is 1.91 bits per heavy atom. The highest BCUT2D eigenvalue weighted by molar-refractivity contribution is 6.00. The van der Waals surface area contributed by atoms with Crippen LogP contribution in [0, 0.1) is 23.5 Å². The molecule has 1 fully saturated rings. The number of nitrogens with zero attached hydrogens (tertiary/aromatic N) is 1. The second-order valence-electron chi connectivity index (χ2n) is 9.57. The van der Waals surface area contributed by atoms with Crippen molar-refractivity contribution in [1.82, 2.24) is 15.5 Å². The molecule has 0 spiro atoms. The maximum Gasteiger partial charge on any atom is 0.247 e. The molecule has 2 aromatic carbocycles. The Morgan fingerprint density at radius 1 is 1.20 bits per heavy atom. The van der Waals surface area contributed by atoms with Gasteiger partial charge in [0, 0.05) is 24.6 Å². The zero-order valence-electron chi connectivity index (χ0n) is 19.8. The summed E-state index contributed by atoms with van der Waals surface area (Å²) in [6, 6.07) is 6.35.